The molecule has 0 amide bonds. The molecule has 9 nitrogen and oxygen atoms in total. The Morgan fingerprint density at radius 1 is 0.578 bits per heavy atom. The molecule has 11 heteroatoms. The van der Waals surface area contributed by atoms with Crippen molar-refractivity contribution in [1.29, 1.82) is 0 Å². The van der Waals surface area contributed by atoms with E-state index < -0.39 is 31.8 Å². The van der Waals surface area contributed by atoms with Gasteiger partial charge in [-0.1, -0.05) is 53.6 Å². The van der Waals surface area contributed by atoms with Crippen LogP contribution >= 0.6 is 0 Å². The van der Waals surface area contributed by atoms with E-state index in [0.29, 0.717) is 22.3 Å². The fourth-order valence-corrected chi connectivity index (χ4v) is 7.35. The summed E-state index contributed by atoms with van der Waals surface area (Å²) in [5.41, 5.74) is 2.05. The van der Waals surface area contributed by atoms with Crippen molar-refractivity contribution >= 4 is 26.2 Å². The molecule has 0 aliphatic carbocycles. The van der Waals surface area contributed by atoms with Crippen molar-refractivity contribution < 1.29 is 39.5 Å². The lowest BCUT2D eigenvalue weighted by molar-refractivity contribution is 0.0224. The highest BCUT2D eigenvalue weighted by molar-refractivity contribution is 7.87. The van der Waals surface area contributed by atoms with Gasteiger partial charge < -0.3 is 17.8 Å². The van der Waals surface area contributed by atoms with Crippen molar-refractivity contribution in [3.63, 3.8) is 0 Å². The third-order valence-electron chi connectivity index (χ3n) is 7.69. The predicted octanol–water partition coefficient (Wildman–Crippen LogP) is 6.41. The van der Waals surface area contributed by atoms with E-state index in [0.717, 1.165) is 11.1 Å². The van der Waals surface area contributed by atoms with Gasteiger partial charge in [0.05, 0.1) is 5.56 Å². The SMILES string of the molecule is Cc1ccc(S(=O)(=O)Oc2ccc3c(c2)Oc2cc(OS(=O)(=O)c4ccc(C)cc4)ccc2C32OC(=O)c3ccccc32)cc1. The molecule has 2 aliphatic rings. The number of esters is 1. The summed E-state index contributed by atoms with van der Waals surface area (Å²) in [6.45, 7) is 3.68. The maximum atomic E-state index is 13.2. The molecule has 5 aromatic rings. The molecule has 1 spiro atoms. The summed E-state index contributed by atoms with van der Waals surface area (Å²) < 4.78 is 75.4. The van der Waals surface area contributed by atoms with Crippen LogP contribution in [0.4, 0.5) is 0 Å². The van der Waals surface area contributed by atoms with Crippen LogP contribution in [0.2, 0.25) is 0 Å². The molecule has 0 radical (unpaired) electrons. The summed E-state index contributed by atoms with van der Waals surface area (Å²) in [7, 11) is -8.37. The second-order valence-electron chi connectivity index (χ2n) is 10.7. The van der Waals surface area contributed by atoms with Gasteiger partial charge in [-0.2, -0.15) is 16.8 Å². The van der Waals surface area contributed by atoms with Crippen LogP contribution in [0, 0.1) is 13.8 Å². The Hall–Kier alpha value is -5.13. The van der Waals surface area contributed by atoms with Crippen LogP contribution in [0.3, 0.4) is 0 Å². The Morgan fingerprint density at radius 3 is 1.53 bits per heavy atom. The molecule has 2 heterocycles. The average molecular weight is 641 g/mol. The van der Waals surface area contributed by atoms with Crippen LogP contribution in [0.15, 0.2) is 119 Å². The summed E-state index contributed by atoms with van der Waals surface area (Å²) in [6.07, 6.45) is 0. The largest absolute Gasteiger partial charge is 0.456 e. The van der Waals surface area contributed by atoms with Gasteiger partial charge in [-0.05, 0) is 68.4 Å². The highest BCUT2D eigenvalue weighted by Gasteiger charge is 2.53. The molecule has 45 heavy (non-hydrogen) atoms. The lowest BCUT2D eigenvalue weighted by Crippen LogP contribution is -2.33. The summed E-state index contributed by atoms with van der Waals surface area (Å²) in [5, 5.41) is 0. The summed E-state index contributed by atoms with van der Waals surface area (Å²) in [4.78, 5) is 13.1. The van der Waals surface area contributed by atoms with E-state index >= 15 is 0 Å². The molecule has 0 bridgehead atoms. The van der Waals surface area contributed by atoms with Crippen LogP contribution in [-0.2, 0) is 30.6 Å². The summed E-state index contributed by atoms with van der Waals surface area (Å²) >= 11 is 0. The van der Waals surface area contributed by atoms with Crippen molar-refractivity contribution in [3.05, 3.63) is 143 Å². The van der Waals surface area contributed by atoms with Gasteiger partial charge in [0.15, 0.2) is 5.60 Å². The Morgan fingerprint density at radius 2 is 1.04 bits per heavy atom. The van der Waals surface area contributed by atoms with Crippen molar-refractivity contribution in [1.82, 2.24) is 0 Å². The van der Waals surface area contributed by atoms with E-state index in [1.807, 2.05) is 13.8 Å². The quantitative estimate of drug-likeness (QED) is 0.153. The van der Waals surface area contributed by atoms with Gasteiger partial charge >= 0.3 is 26.2 Å². The van der Waals surface area contributed by atoms with Gasteiger partial charge in [-0.3, -0.25) is 0 Å². The Bertz CT molecular complexity index is 2100. The van der Waals surface area contributed by atoms with Crippen molar-refractivity contribution in [2.75, 3.05) is 0 Å². The molecule has 0 atom stereocenters. The molecule has 2 aliphatic heterocycles. The highest BCUT2D eigenvalue weighted by atomic mass is 32.2. The fraction of sp³-hybridized carbons (Fsp3) is 0.0882. The van der Waals surface area contributed by atoms with Crippen LogP contribution in [0.5, 0.6) is 23.0 Å². The van der Waals surface area contributed by atoms with Crippen LogP contribution in [0.1, 0.15) is 38.2 Å². The number of aryl methyl sites for hydroxylation is 2. The Kier molecular flexibility index (Phi) is 6.50. The standard InChI is InChI=1S/C34H24O9S2/c1-21-7-13-25(14-8-21)44(36,37)42-23-11-17-29-31(19-23)40-32-20-24(43-45(38,39)26-15-9-22(2)10-16-26)12-18-30(32)34(29)28-6-4-3-5-27(28)33(35)41-34/h3-20H,1-2H3. The lowest BCUT2D eigenvalue weighted by Gasteiger charge is -2.36. The number of carbonyl (C=O) groups is 1. The maximum absolute atomic E-state index is 13.2. The molecule has 0 fully saturated rings. The Balaban J connectivity index is 1.33. The van der Waals surface area contributed by atoms with E-state index in [-0.39, 0.29) is 32.8 Å². The third kappa shape index (κ3) is 4.80. The molecule has 7 rings (SSSR count). The summed E-state index contributed by atoms with van der Waals surface area (Å²) in [6, 6.07) is 28.2. The van der Waals surface area contributed by atoms with E-state index in [1.54, 1.807) is 60.7 Å². The number of rotatable bonds is 6. The normalized spacial score (nSPS) is 14.5. The molecular formula is C34H24O9S2. The second kappa shape index (κ2) is 10.2. The van der Waals surface area contributed by atoms with Crippen LogP contribution in [0.25, 0.3) is 0 Å². The predicted molar refractivity (Wildman–Crippen MR) is 163 cm³/mol. The Labute approximate surface area is 259 Å². The fourth-order valence-electron chi connectivity index (χ4n) is 5.50. The lowest BCUT2D eigenvalue weighted by atomic mass is 9.77. The highest BCUT2D eigenvalue weighted by Crippen LogP contribution is 2.57. The number of fused-ring (bicyclic) bond motifs is 6. The van der Waals surface area contributed by atoms with Crippen molar-refractivity contribution in [3.8, 4) is 23.0 Å². The van der Waals surface area contributed by atoms with E-state index in [1.165, 1.54) is 48.5 Å². The first-order valence-corrected chi connectivity index (χ1v) is 16.6. The summed E-state index contributed by atoms with van der Waals surface area (Å²) in [5.74, 6) is -0.363. The van der Waals surface area contributed by atoms with Gasteiger partial charge in [0.25, 0.3) is 0 Å². The minimum absolute atomic E-state index is 0.0243. The first-order chi connectivity index (χ1) is 21.5. The second-order valence-corrected chi connectivity index (χ2v) is 13.8. The minimum atomic E-state index is -4.19. The average Bonchev–Trinajstić information content (AvgIpc) is 3.29. The van der Waals surface area contributed by atoms with Crippen LogP contribution < -0.4 is 13.1 Å². The van der Waals surface area contributed by atoms with Gasteiger partial charge in [0.1, 0.15) is 32.8 Å². The number of benzene rings is 5. The molecule has 0 saturated carbocycles. The zero-order valence-electron chi connectivity index (χ0n) is 23.9. The third-order valence-corrected chi connectivity index (χ3v) is 10.2. The van der Waals surface area contributed by atoms with Gasteiger partial charge in [0, 0.05) is 28.8 Å². The molecule has 226 valence electrons. The molecule has 0 saturated heterocycles. The maximum Gasteiger partial charge on any atom is 0.340 e. The zero-order valence-corrected chi connectivity index (χ0v) is 25.5. The van der Waals surface area contributed by atoms with E-state index in [9.17, 15) is 21.6 Å². The van der Waals surface area contributed by atoms with Gasteiger partial charge in [0.2, 0.25) is 0 Å². The molecular weight excluding hydrogens is 616 g/mol. The van der Waals surface area contributed by atoms with Gasteiger partial charge in [-0.25, -0.2) is 4.79 Å². The van der Waals surface area contributed by atoms with Crippen molar-refractivity contribution in [2.24, 2.45) is 0 Å². The van der Waals surface area contributed by atoms with Crippen LogP contribution in [-0.4, -0.2) is 22.8 Å². The topological polar surface area (TPSA) is 122 Å². The molecule has 0 N–H and O–H groups in total. The number of carbonyl (C=O) groups excluding carboxylic acids is 1. The molecule has 5 aromatic carbocycles. The number of ether oxygens (including phenoxy) is 2. The molecule has 0 unspecified atom stereocenters. The smallest absolute Gasteiger partial charge is 0.340 e. The van der Waals surface area contributed by atoms with E-state index in [4.69, 9.17) is 17.8 Å². The monoisotopic (exact) mass is 640 g/mol. The van der Waals surface area contributed by atoms with Gasteiger partial charge in [-0.15, -0.1) is 0 Å². The number of hydrogen-bond donors (Lipinski definition) is 0. The zero-order chi connectivity index (χ0) is 31.6. The van der Waals surface area contributed by atoms with Crippen molar-refractivity contribution in [2.45, 2.75) is 29.2 Å². The van der Waals surface area contributed by atoms with E-state index in [2.05, 4.69) is 0 Å². The molecule has 0 aromatic heterocycles. The minimum Gasteiger partial charge on any atom is -0.456 e. The number of hydrogen-bond acceptors (Lipinski definition) is 9. The first-order valence-electron chi connectivity index (χ1n) is 13.8. The first kappa shape index (κ1) is 28.6.